The maximum Gasteiger partial charge on any atom is 0.270 e. The Balaban J connectivity index is 1.71. The highest BCUT2D eigenvalue weighted by Gasteiger charge is 2.18. The van der Waals surface area contributed by atoms with Crippen LogP contribution in [0.2, 0.25) is 10.0 Å². The fourth-order valence-electron chi connectivity index (χ4n) is 2.76. The number of carbonyl (C=O) groups is 1. The Kier molecular flexibility index (Phi) is 4.82. The highest BCUT2D eigenvalue weighted by atomic mass is 35.5. The summed E-state index contributed by atoms with van der Waals surface area (Å²) in [7, 11) is 0. The Morgan fingerprint density at radius 3 is 2.78 bits per heavy atom. The lowest BCUT2D eigenvalue weighted by Crippen LogP contribution is -2.13. The minimum atomic E-state index is -0.276. The predicted octanol–water partition coefficient (Wildman–Crippen LogP) is 4.80. The predicted molar refractivity (Wildman–Crippen MR) is 108 cm³/mol. The van der Waals surface area contributed by atoms with Crippen molar-refractivity contribution in [1.82, 2.24) is 19.4 Å². The molecule has 4 rings (SSSR count). The van der Waals surface area contributed by atoms with Gasteiger partial charge in [-0.1, -0.05) is 45.9 Å². The summed E-state index contributed by atoms with van der Waals surface area (Å²) in [6, 6.07) is 13.0. The van der Waals surface area contributed by atoms with Crippen molar-refractivity contribution in [2.24, 2.45) is 0 Å². The third kappa shape index (κ3) is 3.53. The van der Waals surface area contributed by atoms with Crippen molar-refractivity contribution in [3.05, 3.63) is 68.6 Å². The lowest BCUT2D eigenvalue weighted by atomic mass is 10.2. The molecule has 6 nitrogen and oxygen atoms in total. The molecule has 0 bridgehead atoms. The van der Waals surface area contributed by atoms with Gasteiger partial charge in [0.2, 0.25) is 0 Å². The van der Waals surface area contributed by atoms with Gasteiger partial charge < -0.3 is 5.32 Å². The lowest BCUT2D eigenvalue weighted by molar-refractivity contribution is 0.102. The van der Waals surface area contributed by atoms with Crippen LogP contribution in [0.4, 0.5) is 5.82 Å². The molecule has 0 aliphatic carbocycles. The van der Waals surface area contributed by atoms with Crippen LogP contribution in [0.25, 0.3) is 10.9 Å². The highest BCUT2D eigenvalue weighted by Crippen LogP contribution is 2.27. The van der Waals surface area contributed by atoms with Crippen LogP contribution in [-0.2, 0) is 6.54 Å². The number of hydrogen-bond acceptors (Lipinski definition) is 5. The average molecular weight is 418 g/mol. The maximum absolute atomic E-state index is 12.5. The summed E-state index contributed by atoms with van der Waals surface area (Å²) in [5.41, 5.74) is 2.36. The van der Waals surface area contributed by atoms with Gasteiger partial charge >= 0.3 is 0 Å². The van der Waals surface area contributed by atoms with E-state index in [4.69, 9.17) is 23.2 Å². The fraction of sp³-hybridized carbons (Fsp3) is 0.111. The van der Waals surface area contributed by atoms with E-state index in [0.717, 1.165) is 28.0 Å². The summed E-state index contributed by atoms with van der Waals surface area (Å²) in [6.07, 6.45) is 0. The normalized spacial score (nSPS) is 11.1. The van der Waals surface area contributed by atoms with Crippen LogP contribution >= 0.6 is 34.7 Å². The summed E-state index contributed by atoms with van der Waals surface area (Å²) in [4.78, 5) is 13.0. The number of nitrogens with zero attached hydrogens (tertiary/aromatic N) is 4. The Morgan fingerprint density at radius 1 is 1.22 bits per heavy atom. The molecule has 0 radical (unpaired) electrons. The lowest BCUT2D eigenvalue weighted by Gasteiger charge is -2.06. The van der Waals surface area contributed by atoms with Crippen LogP contribution in [0.3, 0.4) is 0 Å². The number of halogens is 2. The monoisotopic (exact) mass is 417 g/mol. The molecule has 2 aromatic carbocycles. The molecule has 1 N–H and O–H groups in total. The van der Waals surface area contributed by atoms with Crippen molar-refractivity contribution in [3.8, 4) is 0 Å². The molecule has 2 heterocycles. The van der Waals surface area contributed by atoms with Crippen LogP contribution in [0.5, 0.6) is 0 Å². The number of anilines is 1. The molecule has 4 aromatic rings. The molecule has 0 unspecified atom stereocenters. The van der Waals surface area contributed by atoms with Crippen LogP contribution in [0, 0.1) is 6.92 Å². The van der Waals surface area contributed by atoms with Crippen molar-refractivity contribution >= 4 is 57.4 Å². The summed E-state index contributed by atoms with van der Waals surface area (Å²) in [6.45, 7) is 2.20. The number of fused-ring (bicyclic) bond motifs is 1. The first-order valence-electron chi connectivity index (χ1n) is 8.02. The molecule has 2 aromatic heterocycles. The molecule has 9 heteroatoms. The molecule has 136 valence electrons. The van der Waals surface area contributed by atoms with Gasteiger partial charge in [0, 0.05) is 15.4 Å². The second-order valence-corrected chi connectivity index (χ2v) is 7.50. The first-order chi connectivity index (χ1) is 13.0. The van der Waals surface area contributed by atoms with Crippen LogP contribution in [0.1, 0.15) is 20.9 Å². The summed E-state index contributed by atoms with van der Waals surface area (Å²) in [5, 5.41) is 13.3. The first-order valence-corrected chi connectivity index (χ1v) is 9.55. The third-order valence-corrected chi connectivity index (χ3v) is 5.50. The van der Waals surface area contributed by atoms with Crippen molar-refractivity contribution < 1.29 is 4.79 Å². The fourth-order valence-corrected chi connectivity index (χ4v) is 3.78. The van der Waals surface area contributed by atoms with Crippen LogP contribution in [-0.4, -0.2) is 25.3 Å². The van der Waals surface area contributed by atoms with Gasteiger partial charge in [0.1, 0.15) is 4.88 Å². The number of aryl methyl sites for hydroxylation is 1. The number of rotatable bonds is 4. The Hall–Kier alpha value is -2.48. The van der Waals surface area contributed by atoms with E-state index in [1.54, 1.807) is 23.7 Å². The largest absolute Gasteiger partial charge is 0.304 e. The minimum Gasteiger partial charge on any atom is -0.304 e. The number of nitrogens with one attached hydrogen (secondary N) is 1. The number of aromatic nitrogens is 4. The third-order valence-electron chi connectivity index (χ3n) is 4.08. The highest BCUT2D eigenvalue weighted by molar-refractivity contribution is 7.08. The molecule has 0 saturated heterocycles. The molecule has 0 saturated carbocycles. The average Bonchev–Trinajstić information content (AvgIpc) is 3.22. The smallest absolute Gasteiger partial charge is 0.270 e. The zero-order valence-electron chi connectivity index (χ0n) is 14.1. The standard InChI is InChI=1S/C18H13Cl2N5OS/c1-10-16(27-24-22-10)18(26)21-17-13-4-2-3-5-15(13)25(23-17)9-11-6-7-12(19)8-14(11)20/h2-8H,9H2,1H3,(H,21,23,26). The molecule has 1 amide bonds. The van der Waals surface area contributed by atoms with Gasteiger partial charge in [-0.05, 0) is 48.3 Å². The second-order valence-electron chi connectivity index (χ2n) is 5.90. The first kappa shape index (κ1) is 17.9. The maximum atomic E-state index is 12.5. The van der Waals surface area contributed by atoms with E-state index in [9.17, 15) is 4.79 Å². The molecule has 27 heavy (non-hydrogen) atoms. The topological polar surface area (TPSA) is 72.7 Å². The van der Waals surface area contributed by atoms with Gasteiger partial charge in [0.05, 0.1) is 17.8 Å². The Bertz CT molecular complexity index is 1150. The van der Waals surface area contributed by atoms with Crippen LogP contribution in [0.15, 0.2) is 42.5 Å². The van der Waals surface area contributed by atoms with Gasteiger partial charge in [-0.15, -0.1) is 5.10 Å². The summed E-state index contributed by atoms with van der Waals surface area (Å²) >= 11 is 13.3. The van der Waals surface area contributed by atoms with Crippen LogP contribution < -0.4 is 5.32 Å². The second kappa shape index (κ2) is 7.26. The van der Waals surface area contributed by atoms with E-state index < -0.39 is 0 Å². The van der Waals surface area contributed by atoms with Gasteiger partial charge in [-0.25, -0.2) is 0 Å². The van der Waals surface area contributed by atoms with E-state index in [-0.39, 0.29) is 5.91 Å². The van der Waals surface area contributed by atoms with E-state index in [0.29, 0.717) is 33.0 Å². The van der Waals surface area contributed by atoms with Crippen molar-refractivity contribution in [3.63, 3.8) is 0 Å². The summed E-state index contributed by atoms with van der Waals surface area (Å²) in [5.74, 6) is 0.205. The molecular weight excluding hydrogens is 405 g/mol. The molecular formula is C18H13Cl2N5OS. The Morgan fingerprint density at radius 2 is 2.04 bits per heavy atom. The van der Waals surface area contributed by atoms with Crippen molar-refractivity contribution in [1.29, 1.82) is 0 Å². The molecule has 0 fully saturated rings. The zero-order chi connectivity index (χ0) is 19.0. The molecule has 0 spiro atoms. The number of amides is 1. The SMILES string of the molecule is Cc1nnsc1C(=O)Nc1nn(Cc2ccc(Cl)cc2Cl)c2ccccc12. The number of hydrogen-bond donors (Lipinski definition) is 1. The minimum absolute atomic E-state index is 0.276. The van der Waals surface area contributed by atoms with Gasteiger partial charge in [-0.2, -0.15) is 5.10 Å². The van der Waals surface area contributed by atoms with E-state index in [1.807, 2.05) is 30.3 Å². The number of para-hydroxylation sites is 1. The van der Waals surface area contributed by atoms with E-state index >= 15 is 0 Å². The van der Waals surface area contributed by atoms with Gasteiger partial charge in [0.25, 0.3) is 5.91 Å². The zero-order valence-corrected chi connectivity index (χ0v) is 16.4. The van der Waals surface area contributed by atoms with E-state index in [2.05, 4.69) is 20.0 Å². The molecule has 0 aliphatic rings. The number of benzene rings is 2. The Labute approximate surface area is 168 Å². The number of carbonyl (C=O) groups excluding carboxylic acids is 1. The van der Waals surface area contributed by atoms with Crippen molar-refractivity contribution in [2.75, 3.05) is 5.32 Å². The molecule has 0 atom stereocenters. The van der Waals surface area contributed by atoms with Crippen molar-refractivity contribution in [2.45, 2.75) is 13.5 Å². The van der Waals surface area contributed by atoms with E-state index in [1.165, 1.54) is 0 Å². The van der Waals surface area contributed by atoms with Gasteiger partial charge in [0.15, 0.2) is 5.82 Å². The molecule has 0 aliphatic heterocycles. The quantitative estimate of drug-likeness (QED) is 0.517. The van der Waals surface area contributed by atoms with Gasteiger partial charge in [-0.3, -0.25) is 9.48 Å². The summed E-state index contributed by atoms with van der Waals surface area (Å²) < 4.78 is 5.61.